The van der Waals surface area contributed by atoms with Gasteiger partial charge in [0.1, 0.15) is 35.2 Å². The molecule has 0 saturated carbocycles. The van der Waals surface area contributed by atoms with E-state index in [0.29, 0.717) is 17.2 Å². The zero-order valence-corrected chi connectivity index (χ0v) is 27.3. The van der Waals surface area contributed by atoms with Crippen LogP contribution in [0.2, 0.25) is 0 Å². The van der Waals surface area contributed by atoms with Gasteiger partial charge in [0.2, 0.25) is 11.8 Å². The van der Waals surface area contributed by atoms with E-state index in [9.17, 15) is 19.5 Å². The van der Waals surface area contributed by atoms with Gasteiger partial charge < -0.3 is 25.4 Å². The fourth-order valence-corrected chi connectivity index (χ4v) is 7.48. The second-order valence-corrected chi connectivity index (χ2v) is 13.4. The lowest BCUT2D eigenvalue weighted by molar-refractivity contribution is -0.142. The number of ether oxygens (including phenoxy) is 1. The van der Waals surface area contributed by atoms with Gasteiger partial charge in [0.15, 0.2) is 0 Å². The number of hydrogen-bond donors (Lipinski definition) is 3. The molecule has 0 spiro atoms. The highest BCUT2D eigenvalue weighted by Crippen LogP contribution is 2.42. The molecule has 5 atom stereocenters. The summed E-state index contributed by atoms with van der Waals surface area (Å²) in [4.78, 5) is 47.3. The highest BCUT2D eigenvalue weighted by atomic mass is 32.2. The number of thiazole rings is 1. The Hall–Kier alpha value is -4.19. The summed E-state index contributed by atoms with van der Waals surface area (Å²) in [5.74, 6) is -0.720. The van der Waals surface area contributed by atoms with Crippen LogP contribution in [0.15, 0.2) is 103 Å². The van der Waals surface area contributed by atoms with Gasteiger partial charge in [-0.2, -0.15) is 0 Å². The molecule has 3 amide bonds. The Morgan fingerprint density at radius 3 is 2.17 bits per heavy atom. The summed E-state index contributed by atoms with van der Waals surface area (Å²) in [6.07, 6.45) is 0.228. The summed E-state index contributed by atoms with van der Waals surface area (Å²) >= 11 is 2.80. The maximum absolute atomic E-state index is 14.4. The molecule has 1 saturated heterocycles. The Morgan fingerprint density at radius 2 is 1.57 bits per heavy atom. The molecular formula is C35H38N4O5S2. The van der Waals surface area contributed by atoms with Gasteiger partial charge in [0, 0.05) is 17.3 Å². The van der Waals surface area contributed by atoms with Crippen LogP contribution >= 0.6 is 23.1 Å². The molecule has 2 heterocycles. The summed E-state index contributed by atoms with van der Waals surface area (Å²) in [6, 6.07) is 26.0. The maximum Gasteiger partial charge on any atom is 0.408 e. The number of rotatable bonds is 12. The molecule has 46 heavy (non-hydrogen) atoms. The number of aliphatic hydroxyl groups excluding tert-OH is 1. The zero-order valence-electron chi connectivity index (χ0n) is 25.7. The SMILES string of the molecule is CC(C)[C@H](NC(=O)OCc1ccccc1)C(=O)N1C(c2ccccc2)SC[C@H]1C(=O)N[C@@H](Cc1ccccc1)C(O)c1nccs1. The largest absolute Gasteiger partial charge is 0.445 e. The minimum Gasteiger partial charge on any atom is -0.445 e. The van der Waals surface area contributed by atoms with E-state index in [-0.39, 0.29) is 24.3 Å². The number of thioether (sulfide) groups is 1. The van der Waals surface area contributed by atoms with Crippen LogP contribution < -0.4 is 10.6 Å². The number of alkyl carbamates (subject to hydrolysis) is 1. The molecular weight excluding hydrogens is 621 g/mol. The lowest BCUT2D eigenvalue weighted by Gasteiger charge is -2.34. The van der Waals surface area contributed by atoms with E-state index >= 15 is 0 Å². The van der Waals surface area contributed by atoms with E-state index in [2.05, 4.69) is 15.6 Å². The maximum atomic E-state index is 14.4. The van der Waals surface area contributed by atoms with E-state index in [0.717, 1.165) is 16.7 Å². The monoisotopic (exact) mass is 658 g/mol. The van der Waals surface area contributed by atoms with Crippen molar-refractivity contribution in [1.29, 1.82) is 0 Å². The lowest BCUT2D eigenvalue weighted by Crippen LogP contribution is -2.57. The number of amides is 3. The van der Waals surface area contributed by atoms with Crippen molar-refractivity contribution in [2.24, 2.45) is 5.92 Å². The molecule has 4 aromatic rings. The van der Waals surface area contributed by atoms with Crippen LogP contribution in [0.4, 0.5) is 4.79 Å². The van der Waals surface area contributed by atoms with Crippen molar-refractivity contribution in [2.75, 3.05) is 5.75 Å². The summed E-state index contributed by atoms with van der Waals surface area (Å²) < 4.78 is 5.44. The first-order valence-electron chi connectivity index (χ1n) is 15.2. The van der Waals surface area contributed by atoms with Crippen molar-refractivity contribution in [1.82, 2.24) is 20.5 Å². The first kappa shape index (κ1) is 33.2. The molecule has 240 valence electrons. The molecule has 3 aromatic carbocycles. The van der Waals surface area contributed by atoms with Crippen LogP contribution in [-0.4, -0.2) is 56.8 Å². The van der Waals surface area contributed by atoms with Crippen LogP contribution in [0, 0.1) is 5.92 Å². The van der Waals surface area contributed by atoms with Gasteiger partial charge in [0.25, 0.3) is 0 Å². The fraction of sp³-hybridized carbons (Fsp3) is 0.314. The van der Waals surface area contributed by atoms with Crippen molar-refractivity contribution in [3.63, 3.8) is 0 Å². The topological polar surface area (TPSA) is 121 Å². The summed E-state index contributed by atoms with van der Waals surface area (Å²) in [6.45, 7) is 3.75. The van der Waals surface area contributed by atoms with Crippen LogP contribution in [0.3, 0.4) is 0 Å². The summed E-state index contributed by atoms with van der Waals surface area (Å²) in [7, 11) is 0. The average Bonchev–Trinajstić information content (AvgIpc) is 3.78. The standard InChI is InChI=1S/C35H38N4O5S2/c1-23(2)29(38-35(43)44-21-25-14-8-4-9-15-25)33(42)39-28(22-46-34(39)26-16-10-5-11-17-26)31(41)37-27(20-24-12-6-3-7-13-24)30(40)32-36-18-19-45-32/h3-19,23,27-30,34,40H,20-22H2,1-2H3,(H,37,41)(H,38,43)/t27-,28-,29-,30?,34?/m0/s1. The molecule has 5 rings (SSSR count). The van der Waals surface area contributed by atoms with E-state index in [1.165, 1.54) is 23.1 Å². The molecule has 0 radical (unpaired) electrons. The van der Waals surface area contributed by atoms with Crippen LogP contribution in [-0.2, 0) is 27.4 Å². The van der Waals surface area contributed by atoms with E-state index < -0.39 is 35.7 Å². The summed E-state index contributed by atoms with van der Waals surface area (Å²) in [5, 5.41) is 19.0. The Morgan fingerprint density at radius 1 is 0.935 bits per heavy atom. The van der Waals surface area contributed by atoms with Crippen molar-refractivity contribution in [2.45, 2.75) is 56.5 Å². The molecule has 0 bridgehead atoms. The van der Waals surface area contributed by atoms with Gasteiger partial charge in [-0.15, -0.1) is 23.1 Å². The van der Waals surface area contributed by atoms with Gasteiger partial charge >= 0.3 is 6.09 Å². The predicted octanol–water partition coefficient (Wildman–Crippen LogP) is 5.50. The van der Waals surface area contributed by atoms with Gasteiger partial charge in [0.05, 0.1) is 6.04 Å². The molecule has 1 fully saturated rings. The van der Waals surface area contributed by atoms with Crippen LogP contribution in [0.5, 0.6) is 0 Å². The zero-order chi connectivity index (χ0) is 32.5. The third-order valence-electron chi connectivity index (χ3n) is 7.77. The number of aromatic nitrogens is 1. The number of benzene rings is 3. The van der Waals surface area contributed by atoms with Crippen molar-refractivity contribution in [3.05, 3.63) is 124 Å². The molecule has 1 aromatic heterocycles. The first-order valence-corrected chi connectivity index (χ1v) is 17.1. The number of hydrogen-bond acceptors (Lipinski definition) is 8. The highest BCUT2D eigenvalue weighted by molar-refractivity contribution is 7.99. The third kappa shape index (κ3) is 8.34. The van der Waals surface area contributed by atoms with Gasteiger partial charge in [-0.25, -0.2) is 9.78 Å². The Bertz CT molecular complexity index is 1560. The van der Waals surface area contributed by atoms with Crippen LogP contribution in [0.25, 0.3) is 0 Å². The quantitative estimate of drug-likeness (QED) is 0.184. The molecule has 11 heteroatoms. The van der Waals surface area contributed by atoms with E-state index in [4.69, 9.17) is 4.74 Å². The molecule has 0 aliphatic carbocycles. The number of nitrogens with zero attached hydrogens (tertiary/aromatic N) is 2. The normalized spacial score (nSPS) is 18.0. The minimum absolute atomic E-state index is 0.0626. The molecule has 3 N–H and O–H groups in total. The Balaban J connectivity index is 1.38. The smallest absolute Gasteiger partial charge is 0.408 e. The lowest BCUT2D eigenvalue weighted by atomic mass is 9.99. The number of aliphatic hydroxyl groups is 1. The Labute approximate surface area is 277 Å². The molecule has 1 aliphatic heterocycles. The highest BCUT2D eigenvalue weighted by Gasteiger charge is 2.46. The van der Waals surface area contributed by atoms with Crippen LogP contribution in [0.1, 0.15) is 47.0 Å². The Kier molecular flexibility index (Phi) is 11.5. The van der Waals surface area contributed by atoms with E-state index in [1.54, 1.807) is 16.5 Å². The second-order valence-electron chi connectivity index (χ2n) is 11.4. The number of carbonyl (C=O) groups excluding carboxylic acids is 3. The van der Waals surface area contributed by atoms with Crippen molar-refractivity contribution >= 4 is 41.0 Å². The summed E-state index contributed by atoms with van der Waals surface area (Å²) in [5.41, 5.74) is 2.64. The molecule has 9 nitrogen and oxygen atoms in total. The van der Waals surface area contributed by atoms with Gasteiger partial charge in [-0.05, 0) is 29.0 Å². The minimum atomic E-state index is -1.04. The third-order valence-corrected chi connectivity index (χ3v) is 9.94. The average molecular weight is 659 g/mol. The van der Waals surface area contributed by atoms with Gasteiger partial charge in [-0.1, -0.05) is 105 Å². The van der Waals surface area contributed by atoms with Crippen molar-refractivity contribution in [3.8, 4) is 0 Å². The molecule has 2 unspecified atom stereocenters. The van der Waals surface area contributed by atoms with Crippen molar-refractivity contribution < 1.29 is 24.2 Å². The number of carbonyl (C=O) groups is 3. The number of nitrogens with one attached hydrogen (secondary N) is 2. The molecule has 1 aliphatic rings. The first-order chi connectivity index (χ1) is 22.3. The van der Waals surface area contributed by atoms with E-state index in [1.807, 2.05) is 105 Å². The van der Waals surface area contributed by atoms with Gasteiger partial charge in [-0.3, -0.25) is 9.59 Å². The fourth-order valence-electron chi connectivity index (χ4n) is 5.36. The second kappa shape index (κ2) is 15.9. The predicted molar refractivity (Wildman–Crippen MR) is 180 cm³/mol.